The molecule has 5 nitrogen and oxygen atoms in total. The van der Waals surface area contributed by atoms with Crippen LogP contribution in [0.2, 0.25) is 0 Å². The van der Waals surface area contributed by atoms with E-state index in [0.29, 0.717) is 17.9 Å². The van der Waals surface area contributed by atoms with E-state index in [9.17, 15) is 9.59 Å². The standard InChI is InChI=1S/C24H21BrN2O3/c1-2-30-21-14-8-17(9-15-21)16-22(27-23(28)18-6-4-3-5-7-18)24(29)26-20-12-10-19(25)11-13-20/h3-16H,2H2,1H3,(H,26,29)(H,27,28). The molecule has 0 saturated heterocycles. The fourth-order valence-corrected chi connectivity index (χ4v) is 2.93. The molecule has 3 aromatic rings. The Hall–Kier alpha value is -3.38. The van der Waals surface area contributed by atoms with Crippen LogP contribution in [0.5, 0.6) is 5.75 Å². The third-order valence-electron chi connectivity index (χ3n) is 4.13. The first-order chi connectivity index (χ1) is 14.5. The van der Waals surface area contributed by atoms with Crippen molar-refractivity contribution in [3.05, 3.63) is 100 Å². The monoisotopic (exact) mass is 464 g/mol. The summed E-state index contributed by atoms with van der Waals surface area (Å²) in [6, 6.07) is 23.2. The van der Waals surface area contributed by atoms with E-state index in [2.05, 4.69) is 26.6 Å². The maximum atomic E-state index is 12.9. The van der Waals surface area contributed by atoms with Gasteiger partial charge in [0.1, 0.15) is 11.4 Å². The molecule has 0 spiro atoms. The fraction of sp³-hybridized carbons (Fsp3) is 0.0833. The van der Waals surface area contributed by atoms with Gasteiger partial charge in [-0.15, -0.1) is 0 Å². The zero-order valence-electron chi connectivity index (χ0n) is 16.4. The van der Waals surface area contributed by atoms with Gasteiger partial charge in [-0.05, 0) is 67.1 Å². The van der Waals surface area contributed by atoms with Crippen LogP contribution in [-0.4, -0.2) is 18.4 Å². The largest absolute Gasteiger partial charge is 0.494 e. The number of halogens is 1. The van der Waals surface area contributed by atoms with E-state index in [1.54, 1.807) is 42.5 Å². The van der Waals surface area contributed by atoms with Gasteiger partial charge in [-0.2, -0.15) is 0 Å². The highest BCUT2D eigenvalue weighted by Crippen LogP contribution is 2.17. The molecular formula is C24H21BrN2O3. The molecular weight excluding hydrogens is 444 g/mol. The predicted molar refractivity (Wildman–Crippen MR) is 122 cm³/mol. The van der Waals surface area contributed by atoms with Crippen LogP contribution in [0.3, 0.4) is 0 Å². The summed E-state index contributed by atoms with van der Waals surface area (Å²) in [6.07, 6.45) is 1.63. The van der Waals surface area contributed by atoms with Gasteiger partial charge in [0, 0.05) is 15.7 Å². The Labute approximate surface area is 183 Å². The van der Waals surface area contributed by atoms with Crippen molar-refractivity contribution in [3.63, 3.8) is 0 Å². The number of benzene rings is 3. The van der Waals surface area contributed by atoms with Crippen molar-refractivity contribution in [3.8, 4) is 5.75 Å². The molecule has 0 fully saturated rings. The van der Waals surface area contributed by atoms with Gasteiger partial charge in [-0.1, -0.05) is 46.3 Å². The van der Waals surface area contributed by atoms with E-state index >= 15 is 0 Å². The minimum atomic E-state index is -0.421. The topological polar surface area (TPSA) is 67.4 Å². The highest BCUT2D eigenvalue weighted by molar-refractivity contribution is 9.10. The SMILES string of the molecule is CCOc1ccc(C=C(NC(=O)c2ccccc2)C(=O)Nc2ccc(Br)cc2)cc1. The molecule has 2 amide bonds. The molecule has 0 saturated carbocycles. The summed E-state index contributed by atoms with van der Waals surface area (Å²) in [4.78, 5) is 25.5. The molecule has 0 aromatic heterocycles. The normalized spacial score (nSPS) is 10.9. The maximum Gasteiger partial charge on any atom is 0.272 e. The first-order valence-corrected chi connectivity index (χ1v) is 10.2. The number of carbonyl (C=O) groups excluding carboxylic acids is 2. The zero-order valence-corrected chi connectivity index (χ0v) is 18.0. The van der Waals surface area contributed by atoms with E-state index in [0.717, 1.165) is 15.8 Å². The minimum Gasteiger partial charge on any atom is -0.494 e. The van der Waals surface area contributed by atoms with E-state index in [1.807, 2.05) is 49.4 Å². The summed E-state index contributed by atoms with van der Waals surface area (Å²) < 4.78 is 6.36. The van der Waals surface area contributed by atoms with Gasteiger partial charge in [-0.3, -0.25) is 9.59 Å². The van der Waals surface area contributed by atoms with Crippen molar-refractivity contribution in [1.82, 2.24) is 5.32 Å². The summed E-state index contributed by atoms with van der Waals surface area (Å²) in [5.74, 6) is -0.0435. The molecule has 152 valence electrons. The van der Waals surface area contributed by atoms with Crippen LogP contribution in [0.15, 0.2) is 89.0 Å². The summed E-state index contributed by atoms with van der Waals surface area (Å²) >= 11 is 3.37. The van der Waals surface area contributed by atoms with Crippen LogP contribution in [0.25, 0.3) is 6.08 Å². The maximum absolute atomic E-state index is 12.9. The van der Waals surface area contributed by atoms with E-state index in [-0.39, 0.29) is 11.6 Å². The van der Waals surface area contributed by atoms with E-state index in [4.69, 9.17) is 4.74 Å². The van der Waals surface area contributed by atoms with Gasteiger partial charge in [0.05, 0.1) is 6.61 Å². The molecule has 0 heterocycles. The lowest BCUT2D eigenvalue weighted by molar-refractivity contribution is -0.113. The number of carbonyl (C=O) groups is 2. The van der Waals surface area contributed by atoms with Crippen LogP contribution >= 0.6 is 15.9 Å². The van der Waals surface area contributed by atoms with Gasteiger partial charge in [0.25, 0.3) is 11.8 Å². The van der Waals surface area contributed by atoms with Gasteiger partial charge >= 0.3 is 0 Å². The lowest BCUT2D eigenvalue weighted by atomic mass is 10.1. The molecule has 0 aliphatic heterocycles. The number of anilines is 1. The average Bonchev–Trinajstić information content (AvgIpc) is 2.77. The average molecular weight is 465 g/mol. The van der Waals surface area contributed by atoms with Crippen molar-refractivity contribution >= 4 is 39.5 Å². The molecule has 3 rings (SSSR count). The number of hydrogen-bond donors (Lipinski definition) is 2. The van der Waals surface area contributed by atoms with Crippen LogP contribution in [0, 0.1) is 0 Å². The highest BCUT2D eigenvalue weighted by atomic mass is 79.9. The van der Waals surface area contributed by atoms with E-state index in [1.165, 1.54) is 0 Å². The number of nitrogens with one attached hydrogen (secondary N) is 2. The first-order valence-electron chi connectivity index (χ1n) is 9.43. The van der Waals surface area contributed by atoms with Crippen molar-refractivity contribution in [2.75, 3.05) is 11.9 Å². The van der Waals surface area contributed by atoms with E-state index < -0.39 is 5.91 Å². The number of rotatable bonds is 7. The Kier molecular flexibility index (Phi) is 7.40. The second kappa shape index (κ2) is 10.4. The molecule has 0 radical (unpaired) electrons. The first kappa shape index (κ1) is 21.3. The Morgan fingerprint density at radius 3 is 2.23 bits per heavy atom. The second-order valence-corrected chi connectivity index (χ2v) is 7.26. The van der Waals surface area contributed by atoms with Gasteiger partial charge in [0.2, 0.25) is 0 Å². The molecule has 0 aliphatic rings. The molecule has 0 bridgehead atoms. The Morgan fingerprint density at radius 1 is 0.933 bits per heavy atom. The van der Waals surface area contributed by atoms with Crippen LogP contribution in [0.4, 0.5) is 5.69 Å². The number of ether oxygens (including phenoxy) is 1. The molecule has 0 aliphatic carbocycles. The van der Waals surface area contributed by atoms with Gasteiger partial charge in [-0.25, -0.2) is 0 Å². The van der Waals surface area contributed by atoms with Crippen LogP contribution < -0.4 is 15.4 Å². The Morgan fingerprint density at radius 2 is 1.60 bits per heavy atom. The fourth-order valence-electron chi connectivity index (χ4n) is 2.67. The van der Waals surface area contributed by atoms with Gasteiger partial charge in [0.15, 0.2) is 0 Å². The van der Waals surface area contributed by atoms with Crippen molar-refractivity contribution in [1.29, 1.82) is 0 Å². The summed E-state index contributed by atoms with van der Waals surface area (Å²) in [5, 5.41) is 5.53. The third-order valence-corrected chi connectivity index (χ3v) is 4.66. The predicted octanol–water partition coefficient (Wildman–Crippen LogP) is 5.26. The van der Waals surface area contributed by atoms with Crippen molar-refractivity contribution in [2.24, 2.45) is 0 Å². The number of hydrogen-bond acceptors (Lipinski definition) is 3. The Bertz CT molecular complexity index is 1030. The quantitative estimate of drug-likeness (QED) is 0.468. The zero-order chi connectivity index (χ0) is 21.3. The molecule has 6 heteroatoms. The lowest BCUT2D eigenvalue weighted by Gasteiger charge is -2.12. The van der Waals surface area contributed by atoms with Gasteiger partial charge < -0.3 is 15.4 Å². The molecule has 3 aromatic carbocycles. The molecule has 0 atom stereocenters. The van der Waals surface area contributed by atoms with Crippen LogP contribution in [0.1, 0.15) is 22.8 Å². The minimum absolute atomic E-state index is 0.135. The number of amides is 2. The molecule has 30 heavy (non-hydrogen) atoms. The van der Waals surface area contributed by atoms with Crippen LogP contribution in [-0.2, 0) is 4.79 Å². The third kappa shape index (κ3) is 6.06. The van der Waals surface area contributed by atoms with Crippen molar-refractivity contribution in [2.45, 2.75) is 6.92 Å². The van der Waals surface area contributed by atoms with Crippen molar-refractivity contribution < 1.29 is 14.3 Å². The molecule has 2 N–H and O–H groups in total. The summed E-state index contributed by atoms with van der Waals surface area (Å²) in [5.41, 5.74) is 1.98. The lowest BCUT2D eigenvalue weighted by Crippen LogP contribution is -2.30. The second-order valence-electron chi connectivity index (χ2n) is 6.34. The smallest absolute Gasteiger partial charge is 0.272 e. The highest BCUT2D eigenvalue weighted by Gasteiger charge is 2.15. The molecule has 0 unspecified atom stereocenters. The Balaban J connectivity index is 1.85. The summed E-state index contributed by atoms with van der Waals surface area (Å²) in [7, 11) is 0. The summed E-state index contributed by atoms with van der Waals surface area (Å²) in [6.45, 7) is 2.49.